The maximum atomic E-state index is 11.7. The minimum Gasteiger partial charge on any atom is -0.466 e. The summed E-state index contributed by atoms with van der Waals surface area (Å²) in [6.07, 6.45) is -0.246. The predicted octanol–water partition coefficient (Wildman–Crippen LogP) is 3.11. The fourth-order valence-electron chi connectivity index (χ4n) is 1.98. The molecule has 0 radical (unpaired) electrons. The standard InChI is InChI=1S/C14H16BrNO4/c1-8-7-10(9(2)19-8)11(17)5-6-16-14(18)12-3-4-13(15)20-12/h3-4,7,11,17H,5-6H2,1-2H3,(H,16,18). The van der Waals surface area contributed by atoms with Gasteiger partial charge >= 0.3 is 0 Å². The molecule has 0 aliphatic heterocycles. The van der Waals surface area contributed by atoms with Crippen molar-refractivity contribution in [3.05, 3.63) is 45.7 Å². The number of halogens is 1. The highest BCUT2D eigenvalue weighted by Crippen LogP contribution is 2.23. The minimum atomic E-state index is -0.656. The molecule has 108 valence electrons. The summed E-state index contributed by atoms with van der Waals surface area (Å²) in [7, 11) is 0. The van der Waals surface area contributed by atoms with Crippen molar-refractivity contribution in [2.75, 3.05) is 6.54 Å². The topological polar surface area (TPSA) is 75.6 Å². The van der Waals surface area contributed by atoms with Gasteiger partial charge in [-0.25, -0.2) is 0 Å². The molecule has 0 aliphatic carbocycles. The molecule has 0 bridgehead atoms. The highest BCUT2D eigenvalue weighted by atomic mass is 79.9. The summed E-state index contributed by atoms with van der Waals surface area (Å²) in [6.45, 7) is 3.99. The van der Waals surface area contributed by atoms with Crippen LogP contribution in [0.3, 0.4) is 0 Å². The number of aliphatic hydroxyl groups is 1. The van der Waals surface area contributed by atoms with Gasteiger partial charge < -0.3 is 19.3 Å². The van der Waals surface area contributed by atoms with Gasteiger partial charge in [-0.15, -0.1) is 0 Å². The molecule has 2 heterocycles. The second kappa shape index (κ2) is 6.28. The van der Waals surface area contributed by atoms with Crippen molar-refractivity contribution in [3.63, 3.8) is 0 Å². The fraction of sp³-hybridized carbons (Fsp3) is 0.357. The Labute approximate surface area is 125 Å². The van der Waals surface area contributed by atoms with E-state index in [0.29, 0.717) is 23.4 Å². The van der Waals surface area contributed by atoms with E-state index >= 15 is 0 Å². The smallest absolute Gasteiger partial charge is 0.287 e. The molecule has 1 amide bonds. The Bertz CT molecular complexity index is 602. The molecule has 0 aliphatic rings. The average molecular weight is 342 g/mol. The number of aliphatic hydroxyl groups excluding tert-OH is 1. The second-order valence-corrected chi connectivity index (χ2v) is 5.31. The van der Waals surface area contributed by atoms with Gasteiger partial charge in [0, 0.05) is 12.1 Å². The van der Waals surface area contributed by atoms with Crippen molar-refractivity contribution < 1.29 is 18.7 Å². The van der Waals surface area contributed by atoms with Crippen LogP contribution in [0.15, 0.2) is 31.7 Å². The average Bonchev–Trinajstić information content (AvgIpc) is 2.95. The lowest BCUT2D eigenvalue weighted by molar-refractivity contribution is 0.0913. The van der Waals surface area contributed by atoms with Gasteiger partial charge in [0.15, 0.2) is 10.4 Å². The first-order valence-electron chi connectivity index (χ1n) is 6.26. The van der Waals surface area contributed by atoms with Gasteiger partial charge in [0.05, 0.1) is 6.10 Å². The van der Waals surface area contributed by atoms with E-state index in [1.54, 1.807) is 12.1 Å². The first-order valence-corrected chi connectivity index (χ1v) is 7.05. The molecule has 5 nitrogen and oxygen atoms in total. The van der Waals surface area contributed by atoms with Crippen molar-refractivity contribution in [2.24, 2.45) is 0 Å². The zero-order chi connectivity index (χ0) is 14.7. The second-order valence-electron chi connectivity index (χ2n) is 4.53. The fourth-order valence-corrected chi connectivity index (χ4v) is 2.29. The third kappa shape index (κ3) is 3.52. The molecule has 6 heteroatoms. The molecule has 0 aromatic carbocycles. The quantitative estimate of drug-likeness (QED) is 0.876. The molecule has 2 N–H and O–H groups in total. The number of nitrogens with one attached hydrogen (secondary N) is 1. The van der Waals surface area contributed by atoms with Crippen molar-refractivity contribution >= 4 is 21.8 Å². The normalized spacial score (nSPS) is 12.4. The van der Waals surface area contributed by atoms with Gasteiger partial charge in [-0.05, 0) is 54.4 Å². The van der Waals surface area contributed by atoms with Gasteiger partial charge in [0.25, 0.3) is 5.91 Å². The zero-order valence-electron chi connectivity index (χ0n) is 11.3. The largest absolute Gasteiger partial charge is 0.466 e. The van der Waals surface area contributed by atoms with E-state index in [0.717, 1.165) is 11.3 Å². The number of carbonyl (C=O) groups is 1. The summed E-state index contributed by atoms with van der Waals surface area (Å²) in [5.74, 6) is 1.40. The zero-order valence-corrected chi connectivity index (χ0v) is 12.9. The van der Waals surface area contributed by atoms with Crippen molar-refractivity contribution in [2.45, 2.75) is 26.4 Å². The summed E-state index contributed by atoms with van der Waals surface area (Å²) in [6, 6.07) is 5.05. The van der Waals surface area contributed by atoms with Crippen LogP contribution >= 0.6 is 15.9 Å². The Morgan fingerprint density at radius 3 is 2.70 bits per heavy atom. The number of hydrogen-bond acceptors (Lipinski definition) is 4. The monoisotopic (exact) mass is 341 g/mol. The number of hydrogen-bond donors (Lipinski definition) is 2. The number of amides is 1. The Kier molecular flexibility index (Phi) is 4.67. The molecule has 0 saturated carbocycles. The summed E-state index contributed by atoms with van der Waals surface area (Å²) < 4.78 is 11.0. The van der Waals surface area contributed by atoms with Gasteiger partial charge in [0.1, 0.15) is 11.5 Å². The van der Waals surface area contributed by atoms with Crippen molar-refractivity contribution in [3.8, 4) is 0 Å². The van der Waals surface area contributed by atoms with Gasteiger partial charge in [-0.3, -0.25) is 4.79 Å². The predicted molar refractivity (Wildman–Crippen MR) is 76.5 cm³/mol. The number of rotatable bonds is 5. The Morgan fingerprint density at radius 1 is 1.40 bits per heavy atom. The molecule has 0 fully saturated rings. The number of aryl methyl sites for hydroxylation is 2. The van der Waals surface area contributed by atoms with Crippen LogP contribution in [0.5, 0.6) is 0 Å². The van der Waals surface area contributed by atoms with Crippen LogP contribution in [0.1, 0.15) is 40.2 Å². The minimum absolute atomic E-state index is 0.238. The third-order valence-corrected chi connectivity index (χ3v) is 3.36. The lowest BCUT2D eigenvalue weighted by Gasteiger charge is -2.09. The van der Waals surface area contributed by atoms with Crippen LogP contribution in [0.25, 0.3) is 0 Å². The third-order valence-electron chi connectivity index (χ3n) is 2.94. The van der Waals surface area contributed by atoms with Crippen LogP contribution in [0, 0.1) is 13.8 Å². The van der Waals surface area contributed by atoms with Crippen LogP contribution < -0.4 is 5.32 Å². The molecule has 0 spiro atoms. The Hall–Kier alpha value is -1.53. The van der Waals surface area contributed by atoms with E-state index in [-0.39, 0.29) is 11.7 Å². The molecule has 2 rings (SSSR count). The SMILES string of the molecule is Cc1cc(C(O)CCNC(=O)c2ccc(Br)o2)c(C)o1. The molecule has 1 unspecified atom stereocenters. The molecule has 0 saturated heterocycles. The van der Waals surface area contributed by atoms with E-state index < -0.39 is 6.10 Å². The van der Waals surface area contributed by atoms with E-state index in [9.17, 15) is 9.90 Å². The first kappa shape index (κ1) is 14.9. The summed E-state index contributed by atoms with van der Waals surface area (Å²) in [5, 5.41) is 12.8. The maximum Gasteiger partial charge on any atom is 0.287 e. The summed E-state index contributed by atoms with van der Waals surface area (Å²) >= 11 is 3.14. The van der Waals surface area contributed by atoms with Crippen molar-refractivity contribution in [1.82, 2.24) is 5.32 Å². The van der Waals surface area contributed by atoms with E-state index in [4.69, 9.17) is 8.83 Å². The molecular weight excluding hydrogens is 326 g/mol. The Morgan fingerprint density at radius 2 is 2.15 bits per heavy atom. The highest BCUT2D eigenvalue weighted by molar-refractivity contribution is 9.10. The summed E-state index contributed by atoms with van der Waals surface area (Å²) in [4.78, 5) is 11.7. The molecule has 1 atom stereocenters. The van der Waals surface area contributed by atoms with Gasteiger partial charge in [-0.2, -0.15) is 0 Å². The van der Waals surface area contributed by atoms with Gasteiger partial charge in [-0.1, -0.05) is 0 Å². The Balaban J connectivity index is 1.84. The molecular formula is C14H16BrNO4. The van der Waals surface area contributed by atoms with Crippen LogP contribution in [0.4, 0.5) is 0 Å². The molecule has 2 aromatic rings. The van der Waals surface area contributed by atoms with E-state index in [2.05, 4.69) is 21.2 Å². The molecule has 20 heavy (non-hydrogen) atoms. The number of carbonyl (C=O) groups excluding carboxylic acids is 1. The lowest BCUT2D eigenvalue weighted by atomic mass is 10.1. The van der Waals surface area contributed by atoms with E-state index in [1.165, 1.54) is 0 Å². The number of furan rings is 2. The lowest BCUT2D eigenvalue weighted by Crippen LogP contribution is -2.25. The first-order chi connectivity index (χ1) is 9.47. The van der Waals surface area contributed by atoms with Gasteiger partial charge in [0.2, 0.25) is 0 Å². The maximum absolute atomic E-state index is 11.7. The van der Waals surface area contributed by atoms with Crippen molar-refractivity contribution in [1.29, 1.82) is 0 Å². The van der Waals surface area contributed by atoms with Crippen LogP contribution in [0.2, 0.25) is 0 Å². The van der Waals surface area contributed by atoms with E-state index in [1.807, 2.05) is 19.9 Å². The molecule has 2 aromatic heterocycles. The van der Waals surface area contributed by atoms with Crippen LogP contribution in [-0.4, -0.2) is 17.6 Å². The highest BCUT2D eigenvalue weighted by Gasteiger charge is 2.15. The van der Waals surface area contributed by atoms with Crippen LogP contribution in [-0.2, 0) is 0 Å². The summed E-state index contributed by atoms with van der Waals surface area (Å²) in [5.41, 5.74) is 0.762.